The highest BCUT2D eigenvalue weighted by Gasteiger charge is 2.04. The van der Waals surface area contributed by atoms with Crippen molar-refractivity contribution in [2.45, 2.75) is 6.54 Å². The minimum absolute atomic E-state index is 0.616. The van der Waals surface area contributed by atoms with Crippen molar-refractivity contribution >= 4 is 39.8 Å². The van der Waals surface area contributed by atoms with E-state index in [9.17, 15) is 0 Å². The average molecular weight is 303 g/mol. The van der Waals surface area contributed by atoms with Gasteiger partial charge in [0.2, 0.25) is 0 Å². The van der Waals surface area contributed by atoms with Crippen LogP contribution in [0.1, 0.15) is 5.56 Å². The topological polar surface area (TPSA) is 24.9 Å². The number of anilines is 1. The molecular formula is C16H12Cl2N2. The maximum absolute atomic E-state index is 6.15. The van der Waals surface area contributed by atoms with Crippen molar-refractivity contribution in [3.8, 4) is 0 Å². The number of nitrogens with zero attached hydrogens (tertiary/aromatic N) is 1. The summed E-state index contributed by atoms with van der Waals surface area (Å²) in [7, 11) is 0. The van der Waals surface area contributed by atoms with Gasteiger partial charge in [-0.3, -0.25) is 4.98 Å². The summed E-state index contributed by atoms with van der Waals surface area (Å²) in [5, 5.41) is 5.70. The van der Waals surface area contributed by atoms with Crippen molar-refractivity contribution in [3.63, 3.8) is 0 Å². The summed E-state index contributed by atoms with van der Waals surface area (Å²) in [5.74, 6) is 0. The van der Waals surface area contributed by atoms with Crippen LogP contribution in [0.2, 0.25) is 10.0 Å². The van der Waals surface area contributed by atoms with Gasteiger partial charge in [-0.05, 0) is 29.8 Å². The molecule has 100 valence electrons. The molecule has 0 spiro atoms. The van der Waals surface area contributed by atoms with E-state index < -0.39 is 0 Å². The van der Waals surface area contributed by atoms with Gasteiger partial charge < -0.3 is 5.32 Å². The van der Waals surface area contributed by atoms with Gasteiger partial charge in [-0.15, -0.1) is 0 Å². The lowest BCUT2D eigenvalue weighted by atomic mass is 10.1. The Kier molecular flexibility index (Phi) is 3.77. The number of nitrogens with one attached hydrogen (secondary N) is 1. The second kappa shape index (κ2) is 5.70. The van der Waals surface area contributed by atoms with Crippen molar-refractivity contribution in [2.24, 2.45) is 0 Å². The molecule has 0 unspecified atom stereocenters. The molecule has 4 heteroatoms. The molecule has 1 heterocycles. The second-order valence-electron chi connectivity index (χ2n) is 4.47. The Bertz CT molecular complexity index is 751. The van der Waals surface area contributed by atoms with Crippen LogP contribution < -0.4 is 5.32 Å². The maximum atomic E-state index is 6.15. The molecule has 0 saturated heterocycles. The predicted octanol–water partition coefficient (Wildman–Crippen LogP) is 5.15. The first-order valence-electron chi connectivity index (χ1n) is 6.25. The normalized spacial score (nSPS) is 10.7. The average Bonchev–Trinajstić information content (AvgIpc) is 2.46. The van der Waals surface area contributed by atoms with Crippen molar-refractivity contribution in [1.82, 2.24) is 4.98 Å². The van der Waals surface area contributed by atoms with E-state index in [2.05, 4.69) is 28.5 Å². The maximum Gasteiger partial charge on any atom is 0.0751 e. The summed E-state index contributed by atoms with van der Waals surface area (Å²) in [4.78, 5) is 4.44. The molecule has 1 aromatic heterocycles. The van der Waals surface area contributed by atoms with E-state index in [1.807, 2.05) is 24.3 Å². The smallest absolute Gasteiger partial charge is 0.0751 e. The number of rotatable bonds is 3. The zero-order chi connectivity index (χ0) is 13.9. The summed E-state index contributed by atoms with van der Waals surface area (Å²) in [6.07, 6.45) is 1.81. The Labute approximate surface area is 127 Å². The van der Waals surface area contributed by atoms with Gasteiger partial charge in [-0.2, -0.15) is 0 Å². The number of halogens is 2. The van der Waals surface area contributed by atoms with Crippen molar-refractivity contribution in [3.05, 3.63) is 70.3 Å². The first kappa shape index (κ1) is 13.2. The summed E-state index contributed by atoms with van der Waals surface area (Å²) < 4.78 is 0. The molecule has 0 bridgehead atoms. The highest BCUT2D eigenvalue weighted by molar-refractivity contribution is 6.36. The molecule has 2 aromatic carbocycles. The van der Waals surface area contributed by atoms with Crippen LogP contribution >= 0.6 is 23.2 Å². The monoisotopic (exact) mass is 302 g/mol. The number of hydrogen-bond acceptors (Lipinski definition) is 2. The number of fused-ring (bicyclic) bond motifs is 1. The summed E-state index contributed by atoms with van der Waals surface area (Å²) >= 11 is 12.0. The molecule has 0 aliphatic heterocycles. The fraction of sp³-hybridized carbons (Fsp3) is 0.0625. The SMILES string of the molecule is Clc1ccc(NCc2cccc3cccnc23)c(Cl)c1. The third-order valence-electron chi connectivity index (χ3n) is 3.12. The van der Waals surface area contributed by atoms with E-state index in [1.54, 1.807) is 12.3 Å². The van der Waals surface area contributed by atoms with E-state index in [1.165, 1.54) is 0 Å². The molecule has 2 nitrogen and oxygen atoms in total. The predicted molar refractivity (Wildman–Crippen MR) is 85.5 cm³/mol. The van der Waals surface area contributed by atoms with Crippen LogP contribution in [0.5, 0.6) is 0 Å². The van der Waals surface area contributed by atoms with E-state index in [-0.39, 0.29) is 0 Å². The van der Waals surface area contributed by atoms with E-state index >= 15 is 0 Å². The van der Waals surface area contributed by atoms with Gasteiger partial charge in [-0.1, -0.05) is 47.5 Å². The van der Waals surface area contributed by atoms with Crippen molar-refractivity contribution in [2.75, 3.05) is 5.32 Å². The van der Waals surface area contributed by atoms with Crippen molar-refractivity contribution < 1.29 is 0 Å². The lowest BCUT2D eigenvalue weighted by Crippen LogP contribution is -2.01. The standard InChI is InChI=1S/C16H12Cl2N2/c17-13-6-7-15(14(18)9-13)20-10-12-4-1-3-11-5-2-8-19-16(11)12/h1-9,20H,10H2. The van der Waals surface area contributed by atoms with Gasteiger partial charge in [0.05, 0.1) is 16.2 Å². The highest BCUT2D eigenvalue weighted by atomic mass is 35.5. The Balaban J connectivity index is 1.87. The van der Waals surface area contributed by atoms with E-state index in [0.717, 1.165) is 22.2 Å². The number of para-hydroxylation sites is 1. The number of pyridine rings is 1. The molecule has 0 aliphatic rings. The van der Waals surface area contributed by atoms with Crippen LogP contribution in [0.15, 0.2) is 54.7 Å². The van der Waals surface area contributed by atoms with E-state index in [4.69, 9.17) is 23.2 Å². The first-order valence-corrected chi connectivity index (χ1v) is 7.01. The van der Waals surface area contributed by atoms with Crippen LogP contribution in [0.25, 0.3) is 10.9 Å². The van der Waals surface area contributed by atoms with Gasteiger partial charge >= 0.3 is 0 Å². The molecule has 1 N–H and O–H groups in total. The molecule has 0 amide bonds. The quantitative estimate of drug-likeness (QED) is 0.723. The fourth-order valence-corrected chi connectivity index (χ4v) is 2.61. The molecule has 0 radical (unpaired) electrons. The molecule has 20 heavy (non-hydrogen) atoms. The third-order valence-corrected chi connectivity index (χ3v) is 3.66. The molecule has 0 fully saturated rings. The van der Waals surface area contributed by atoms with Gasteiger partial charge in [-0.25, -0.2) is 0 Å². The van der Waals surface area contributed by atoms with Gasteiger partial charge in [0, 0.05) is 23.2 Å². The Morgan fingerprint density at radius 1 is 1.00 bits per heavy atom. The molecular weight excluding hydrogens is 291 g/mol. The van der Waals surface area contributed by atoms with Gasteiger partial charge in [0.15, 0.2) is 0 Å². The Morgan fingerprint density at radius 3 is 2.70 bits per heavy atom. The minimum Gasteiger partial charge on any atom is -0.380 e. The van der Waals surface area contributed by atoms with Crippen LogP contribution in [-0.4, -0.2) is 4.98 Å². The molecule has 0 saturated carbocycles. The third kappa shape index (κ3) is 2.72. The highest BCUT2D eigenvalue weighted by Crippen LogP contribution is 2.26. The summed E-state index contributed by atoms with van der Waals surface area (Å²) in [6.45, 7) is 0.662. The number of aromatic nitrogens is 1. The Morgan fingerprint density at radius 2 is 1.85 bits per heavy atom. The molecule has 0 aliphatic carbocycles. The molecule has 3 aromatic rings. The second-order valence-corrected chi connectivity index (χ2v) is 5.31. The van der Waals surface area contributed by atoms with Crippen LogP contribution in [0.4, 0.5) is 5.69 Å². The zero-order valence-electron chi connectivity index (χ0n) is 10.6. The van der Waals surface area contributed by atoms with Gasteiger partial charge in [0.25, 0.3) is 0 Å². The van der Waals surface area contributed by atoms with Crippen LogP contribution in [0, 0.1) is 0 Å². The Hall–Kier alpha value is -1.77. The minimum atomic E-state index is 0.616. The molecule has 3 rings (SSSR count). The van der Waals surface area contributed by atoms with Gasteiger partial charge in [0.1, 0.15) is 0 Å². The number of hydrogen-bond donors (Lipinski definition) is 1. The lowest BCUT2D eigenvalue weighted by Gasteiger charge is -2.10. The largest absolute Gasteiger partial charge is 0.380 e. The summed E-state index contributed by atoms with van der Waals surface area (Å²) in [5.41, 5.74) is 3.01. The zero-order valence-corrected chi connectivity index (χ0v) is 12.1. The van der Waals surface area contributed by atoms with Crippen LogP contribution in [0.3, 0.4) is 0 Å². The van der Waals surface area contributed by atoms with Crippen LogP contribution in [-0.2, 0) is 6.54 Å². The van der Waals surface area contributed by atoms with E-state index in [0.29, 0.717) is 16.6 Å². The first-order chi connectivity index (χ1) is 9.74. The lowest BCUT2D eigenvalue weighted by molar-refractivity contribution is 1.15. The number of benzene rings is 2. The summed E-state index contributed by atoms with van der Waals surface area (Å²) in [6, 6.07) is 15.6. The van der Waals surface area contributed by atoms with Crippen molar-refractivity contribution in [1.29, 1.82) is 0 Å². The fourth-order valence-electron chi connectivity index (χ4n) is 2.13. The molecule has 0 atom stereocenters.